The van der Waals surface area contributed by atoms with E-state index >= 15 is 0 Å². The quantitative estimate of drug-likeness (QED) is 0.402. The Kier molecular flexibility index (Phi) is 4.85. The number of anilines is 1. The summed E-state index contributed by atoms with van der Waals surface area (Å²) in [4.78, 5) is 10.6. The van der Waals surface area contributed by atoms with E-state index in [4.69, 9.17) is 0 Å². The van der Waals surface area contributed by atoms with Crippen molar-refractivity contribution in [1.29, 1.82) is 0 Å². The highest BCUT2D eigenvalue weighted by Gasteiger charge is 2.11. The van der Waals surface area contributed by atoms with Gasteiger partial charge >= 0.3 is 0 Å². The van der Waals surface area contributed by atoms with Gasteiger partial charge in [0.1, 0.15) is 5.69 Å². The van der Waals surface area contributed by atoms with Crippen LogP contribution in [0.3, 0.4) is 0 Å². The molecule has 0 heterocycles. The molecule has 5 nitrogen and oxygen atoms in total. The summed E-state index contributed by atoms with van der Waals surface area (Å²) in [6.07, 6.45) is 0. The third-order valence-corrected chi connectivity index (χ3v) is 3.85. The van der Waals surface area contributed by atoms with Gasteiger partial charge in [-0.2, -0.15) is 5.10 Å². The predicted molar refractivity (Wildman–Crippen MR) is 101 cm³/mol. The Morgan fingerprint density at radius 3 is 2.16 bits per heavy atom. The van der Waals surface area contributed by atoms with Gasteiger partial charge in [-0.1, -0.05) is 66.7 Å². The molecule has 0 aliphatic heterocycles. The summed E-state index contributed by atoms with van der Waals surface area (Å²) in [6.45, 7) is 1.86. The van der Waals surface area contributed by atoms with Crippen LogP contribution in [0.5, 0.6) is 0 Å². The zero-order chi connectivity index (χ0) is 17.6. The molecule has 0 aliphatic rings. The average molecular weight is 331 g/mol. The number of hydrazone groups is 1. The molecule has 3 aromatic carbocycles. The minimum atomic E-state index is -0.429. The molecule has 0 amide bonds. The third-order valence-electron chi connectivity index (χ3n) is 3.85. The molecule has 0 unspecified atom stereocenters. The summed E-state index contributed by atoms with van der Waals surface area (Å²) < 4.78 is 0. The number of nitro groups is 1. The summed E-state index contributed by atoms with van der Waals surface area (Å²) in [5.41, 5.74) is 7.13. The molecule has 5 heteroatoms. The fraction of sp³-hybridized carbons (Fsp3) is 0.0500. The van der Waals surface area contributed by atoms with Crippen molar-refractivity contribution >= 4 is 17.1 Å². The van der Waals surface area contributed by atoms with Crippen LogP contribution in [0.4, 0.5) is 11.4 Å². The Labute approximate surface area is 145 Å². The van der Waals surface area contributed by atoms with Crippen molar-refractivity contribution in [2.45, 2.75) is 6.92 Å². The maximum atomic E-state index is 11.0. The molecule has 3 rings (SSSR count). The summed E-state index contributed by atoms with van der Waals surface area (Å²) in [6, 6.07) is 24.6. The lowest BCUT2D eigenvalue weighted by Crippen LogP contribution is -2.01. The molecule has 0 fully saturated rings. The lowest BCUT2D eigenvalue weighted by atomic mass is 10.0. The molecule has 3 aromatic rings. The van der Waals surface area contributed by atoms with Crippen molar-refractivity contribution in [1.82, 2.24) is 0 Å². The van der Waals surface area contributed by atoms with Gasteiger partial charge in [-0.25, -0.2) is 0 Å². The second kappa shape index (κ2) is 7.40. The summed E-state index contributed by atoms with van der Waals surface area (Å²) >= 11 is 0. The molecule has 25 heavy (non-hydrogen) atoms. The van der Waals surface area contributed by atoms with E-state index in [1.165, 1.54) is 6.07 Å². The molecule has 0 aliphatic carbocycles. The number of nitrogens with one attached hydrogen (secondary N) is 1. The molecular formula is C20H17N3O2. The molecule has 0 bridgehead atoms. The first-order valence-corrected chi connectivity index (χ1v) is 7.85. The van der Waals surface area contributed by atoms with Crippen molar-refractivity contribution < 1.29 is 4.92 Å². The van der Waals surface area contributed by atoms with E-state index in [0.717, 1.165) is 22.4 Å². The second-order valence-corrected chi connectivity index (χ2v) is 5.53. The van der Waals surface area contributed by atoms with Gasteiger partial charge in [0.2, 0.25) is 0 Å². The summed E-state index contributed by atoms with van der Waals surface area (Å²) in [5, 5.41) is 15.3. The van der Waals surface area contributed by atoms with E-state index in [0.29, 0.717) is 5.69 Å². The zero-order valence-electron chi connectivity index (χ0n) is 13.7. The number of hydrogen-bond donors (Lipinski definition) is 1. The highest BCUT2D eigenvalue weighted by atomic mass is 16.6. The molecule has 0 spiro atoms. The van der Waals surface area contributed by atoms with Crippen LogP contribution >= 0.6 is 0 Å². The van der Waals surface area contributed by atoms with Crippen LogP contribution in [-0.4, -0.2) is 10.6 Å². The number of hydrogen-bond acceptors (Lipinski definition) is 4. The van der Waals surface area contributed by atoms with Crippen LogP contribution in [0.15, 0.2) is 84.0 Å². The van der Waals surface area contributed by atoms with Crippen molar-refractivity contribution in [2.24, 2.45) is 5.10 Å². The van der Waals surface area contributed by atoms with Crippen LogP contribution < -0.4 is 5.43 Å². The smallest absolute Gasteiger partial charge is 0.271 e. The van der Waals surface area contributed by atoms with Gasteiger partial charge in [-0.15, -0.1) is 0 Å². The molecule has 0 radical (unpaired) electrons. The van der Waals surface area contributed by atoms with Gasteiger partial charge in [0.25, 0.3) is 5.69 Å². The van der Waals surface area contributed by atoms with Gasteiger partial charge in [0, 0.05) is 6.07 Å². The van der Waals surface area contributed by atoms with Crippen LogP contribution in [-0.2, 0) is 0 Å². The first kappa shape index (κ1) is 16.4. The Morgan fingerprint density at radius 1 is 0.880 bits per heavy atom. The largest absolute Gasteiger partial charge is 0.294 e. The maximum absolute atomic E-state index is 11.0. The molecular weight excluding hydrogens is 314 g/mol. The van der Waals surface area contributed by atoms with Crippen LogP contribution in [0, 0.1) is 10.1 Å². The summed E-state index contributed by atoms with van der Waals surface area (Å²) in [5.74, 6) is 0. The normalized spacial score (nSPS) is 11.2. The Balaban J connectivity index is 1.78. The molecule has 0 atom stereocenters. The maximum Gasteiger partial charge on any atom is 0.294 e. The van der Waals surface area contributed by atoms with Crippen LogP contribution in [0.25, 0.3) is 11.1 Å². The molecule has 124 valence electrons. The Hall–Kier alpha value is -3.47. The average Bonchev–Trinajstić information content (AvgIpc) is 2.67. The molecule has 0 saturated carbocycles. The topological polar surface area (TPSA) is 67.5 Å². The fourth-order valence-electron chi connectivity index (χ4n) is 2.47. The lowest BCUT2D eigenvalue weighted by molar-refractivity contribution is -0.384. The highest BCUT2D eigenvalue weighted by molar-refractivity contribution is 5.99. The third kappa shape index (κ3) is 3.90. The Bertz CT molecular complexity index is 904. The first-order chi connectivity index (χ1) is 12.1. The van der Waals surface area contributed by atoms with E-state index in [1.54, 1.807) is 18.2 Å². The van der Waals surface area contributed by atoms with Crippen molar-refractivity contribution in [2.75, 3.05) is 5.43 Å². The highest BCUT2D eigenvalue weighted by Crippen LogP contribution is 2.23. The minimum absolute atomic E-state index is 0.00141. The zero-order valence-corrected chi connectivity index (χ0v) is 13.7. The molecule has 0 aromatic heterocycles. The van der Waals surface area contributed by atoms with Gasteiger partial charge in [-0.05, 0) is 29.7 Å². The van der Waals surface area contributed by atoms with Crippen molar-refractivity contribution in [3.05, 3.63) is 94.5 Å². The number of para-hydroxylation sites is 2. The van der Waals surface area contributed by atoms with E-state index in [2.05, 4.69) is 22.7 Å². The van der Waals surface area contributed by atoms with Crippen LogP contribution in [0.1, 0.15) is 12.5 Å². The van der Waals surface area contributed by atoms with E-state index in [-0.39, 0.29) is 5.69 Å². The van der Waals surface area contributed by atoms with E-state index in [9.17, 15) is 10.1 Å². The van der Waals surface area contributed by atoms with Gasteiger partial charge in [0.15, 0.2) is 0 Å². The standard InChI is InChI=1S/C20H17N3O2/c1-15(21-22-19-9-5-6-10-20(19)23(24)25)16-11-13-18(14-12-16)17-7-3-2-4-8-17/h2-14,22H,1H3/b21-15+. The van der Waals surface area contributed by atoms with E-state index in [1.807, 2.05) is 49.4 Å². The fourth-order valence-corrected chi connectivity index (χ4v) is 2.47. The number of nitro benzene ring substituents is 1. The SMILES string of the molecule is C/C(=N\Nc1ccccc1[N+](=O)[O-])c1ccc(-c2ccccc2)cc1. The number of nitrogens with zero attached hydrogens (tertiary/aromatic N) is 2. The molecule has 0 saturated heterocycles. The Morgan fingerprint density at radius 2 is 1.48 bits per heavy atom. The van der Waals surface area contributed by atoms with Crippen molar-refractivity contribution in [3.8, 4) is 11.1 Å². The number of rotatable bonds is 5. The number of benzene rings is 3. The van der Waals surface area contributed by atoms with Crippen molar-refractivity contribution in [3.63, 3.8) is 0 Å². The van der Waals surface area contributed by atoms with Gasteiger partial charge in [0.05, 0.1) is 10.6 Å². The summed E-state index contributed by atoms with van der Waals surface area (Å²) in [7, 11) is 0. The van der Waals surface area contributed by atoms with Gasteiger partial charge in [-0.3, -0.25) is 15.5 Å². The van der Waals surface area contributed by atoms with Gasteiger partial charge < -0.3 is 0 Å². The minimum Gasteiger partial charge on any atom is -0.271 e. The first-order valence-electron chi connectivity index (χ1n) is 7.85. The van der Waals surface area contributed by atoms with E-state index < -0.39 is 4.92 Å². The van der Waals surface area contributed by atoms with Crippen LogP contribution in [0.2, 0.25) is 0 Å². The lowest BCUT2D eigenvalue weighted by Gasteiger charge is -2.06. The monoisotopic (exact) mass is 331 g/mol. The molecule has 1 N–H and O–H groups in total. The second-order valence-electron chi connectivity index (χ2n) is 5.53. The predicted octanol–water partition coefficient (Wildman–Crippen LogP) is 5.10.